The summed E-state index contributed by atoms with van der Waals surface area (Å²) in [6.07, 6.45) is 22.8. The van der Waals surface area contributed by atoms with E-state index in [1.54, 1.807) is 0 Å². The van der Waals surface area contributed by atoms with E-state index in [4.69, 9.17) is 0 Å². The largest absolute Gasteiger partial charge is 0.393 e. The highest BCUT2D eigenvalue weighted by Crippen LogP contribution is 2.14. The molecule has 128 valence electrons. The number of aliphatic hydroxyl groups excluding tert-OH is 1. The van der Waals surface area contributed by atoms with E-state index in [1.807, 2.05) is 0 Å². The average Bonchev–Trinajstić information content (AvgIpc) is 2.48. The lowest BCUT2D eigenvalue weighted by molar-refractivity contribution is 0.150. The summed E-state index contributed by atoms with van der Waals surface area (Å²) in [7, 11) is 0. The number of aliphatic hydroxyl groups is 1. The predicted molar refractivity (Wildman–Crippen MR) is 95.8 cm³/mol. The van der Waals surface area contributed by atoms with Gasteiger partial charge in [0.1, 0.15) is 0 Å². The number of unbranched alkanes of at least 4 members (excludes halogenated alkanes) is 13. The highest BCUT2D eigenvalue weighted by molar-refractivity contribution is 4.55. The van der Waals surface area contributed by atoms with E-state index in [-0.39, 0.29) is 6.10 Å². The molecule has 0 aromatic heterocycles. The van der Waals surface area contributed by atoms with Gasteiger partial charge < -0.3 is 5.11 Å². The second-order valence-corrected chi connectivity index (χ2v) is 6.83. The van der Waals surface area contributed by atoms with Gasteiger partial charge in [-0.2, -0.15) is 0 Å². The quantitative estimate of drug-likeness (QED) is 0.286. The van der Waals surface area contributed by atoms with E-state index in [0.29, 0.717) is 0 Å². The van der Waals surface area contributed by atoms with Crippen molar-refractivity contribution in [3.8, 4) is 0 Å². The molecule has 1 N–H and O–H groups in total. The highest BCUT2D eigenvalue weighted by atomic mass is 16.3. The topological polar surface area (TPSA) is 20.2 Å². The van der Waals surface area contributed by atoms with Crippen molar-refractivity contribution < 1.29 is 5.11 Å². The first-order chi connectivity index (χ1) is 10.3. The van der Waals surface area contributed by atoms with E-state index >= 15 is 0 Å². The van der Waals surface area contributed by atoms with Crippen molar-refractivity contribution >= 4 is 0 Å². The molecule has 0 unspecified atom stereocenters. The van der Waals surface area contributed by atoms with Crippen molar-refractivity contribution in [2.75, 3.05) is 0 Å². The number of rotatable bonds is 17. The summed E-state index contributed by atoms with van der Waals surface area (Å²) in [6, 6.07) is 0. The third kappa shape index (κ3) is 17.9. The Bertz CT molecular complexity index is 179. The van der Waals surface area contributed by atoms with Crippen LogP contribution in [0.4, 0.5) is 0 Å². The SMILES string of the molecule is CCCCCCCCCCCCCCCC[C@H](O)CCC. The summed E-state index contributed by atoms with van der Waals surface area (Å²) >= 11 is 0. The second-order valence-electron chi connectivity index (χ2n) is 6.83. The second kappa shape index (κ2) is 18.0. The Hall–Kier alpha value is -0.0400. The van der Waals surface area contributed by atoms with Crippen molar-refractivity contribution in [2.45, 2.75) is 129 Å². The molecule has 0 amide bonds. The molecule has 0 fully saturated rings. The summed E-state index contributed by atoms with van der Waals surface area (Å²) in [6.45, 7) is 4.43. The van der Waals surface area contributed by atoms with Crippen LogP contribution in [0, 0.1) is 0 Å². The van der Waals surface area contributed by atoms with Gasteiger partial charge in [-0.15, -0.1) is 0 Å². The van der Waals surface area contributed by atoms with E-state index < -0.39 is 0 Å². The molecule has 0 bridgehead atoms. The maximum atomic E-state index is 9.64. The molecule has 0 saturated carbocycles. The Morgan fingerprint density at radius 3 is 1.24 bits per heavy atom. The van der Waals surface area contributed by atoms with Crippen LogP contribution in [0.5, 0.6) is 0 Å². The lowest BCUT2D eigenvalue weighted by Gasteiger charge is -2.08. The zero-order valence-corrected chi connectivity index (χ0v) is 15.0. The van der Waals surface area contributed by atoms with Gasteiger partial charge in [-0.25, -0.2) is 0 Å². The third-order valence-corrected chi connectivity index (χ3v) is 4.51. The molecule has 0 aliphatic carbocycles. The van der Waals surface area contributed by atoms with E-state index in [9.17, 15) is 5.11 Å². The Kier molecular flexibility index (Phi) is 18.0. The van der Waals surface area contributed by atoms with Gasteiger partial charge in [0.2, 0.25) is 0 Å². The lowest BCUT2D eigenvalue weighted by atomic mass is 10.0. The zero-order valence-electron chi connectivity index (χ0n) is 15.0. The van der Waals surface area contributed by atoms with E-state index in [0.717, 1.165) is 19.3 Å². The molecule has 1 atom stereocenters. The Balaban J connectivity index is 2.99. The van der Waals surface area contributed by atoms with Crippen molar-refractivity contribution in [1.82, 2.24) is 0 Å². The van der Waals surface area contributed by atoms with Gasteiger partial charge in [-0.05, 0) is 12.8 Å². The van der Waals surface area contributed by atoms with Crippen LogP contribution in [0.2, 0.25) is 0 Å². The summed E-state index contributed by atoms with van der Waals surface area (Å²) < 4.78 is 0. The first-order valence-corrected chi connectivity index (χ1v) is 9.99. The summed E-state index contributed by atoms with van der Waals surface area (Å²) in [5, 5.41) is 9.64. The molecule has 0 aromatic rings. The predicted octanol–water partition coefficient (Wildman–Crippen LogP) is 7.02. The minimum Gasteiger partial charge on any atom is -0.393 e. The standard InChI is InChI=1S/C20H42O/c1-3-5-6-7-8-9-10-11-12-13-14-15-16-17-19-20(21)18-4-2/h20-21H,3-19H2,1-2H3/t20-/m1/s1. The van der Waals surface area contributed by atoms with Crippen LogP contribution in [0.1, 0.15) is 123 Å². The van der Waals surface area contributed by atoms with Crippen LogP contribution in [0.15, 0.2) is 0 Å². The minimum absolute atomic E-state index is 0.0349. The van der Waals surface area contributed by atoms with Gasteiger partial charge in [-0.3, -0.25) is 0 Å². The van der Waals surface area contributed by atoms with Crippen LogP contribution in [-0.4, -0.2) is 11.2 Å². The summed E-state index contributed by atoms with van der Waals surface area (Å²) in [5.74, 6) is 0. The molecular weight excluding hydrogens is 256 g/mol. The fourth-order valence-corrected chi connectivity index (χ4v) is 3.05. The van der Waals surface area contributed by atoms with Crippen molar-refractivity contribution in [3.63, 3.8) is 0 Å². The first-order valence-electron chi connectivity index (χ1n) is 9.99. The van der Waals surface area contributed by atoms with Gasteiger partial charge >= 0.3 is 0 Å². The van der Waals surface area contributed by atoms with Crippen molar-refractivity contribution in [3.05, 3.63) is 0 Å². The molecule has 0 aliphatic rings. The Morgan fingerprint density at radius 2 is 0.857 bits per heavy atom. The fraction of sp³-hybridized carbons (Fsp3) is 1.00. The molecular formula is C20H42O. The Labute approximate surface area is 134 Å². The number of hydrogen-bond donors (Lipinski definition) is 1. The van der Waals surface area contributed by atoms with Crippen LogP contribution in [0.3, 0.4) is 0 Å². The number of hydrogen-bond acceptors (Lipinski definition) is 1. The molecule has 0 radical (unpaired) electrons. The molecule has 0 spiro atoms. The molecule has 0 aliphatic heterocycles. The summed E-state index contributed by atoms with van der Waals surface area (Å²) in [4.78, 5) is 0. The van der Waals surface area contributed by atoms with Gasteiger partial charge in [-0.1, -0.05) is 110 Å². The molecule has 1 heteroatoms. The molecule has 0 aromatic carbocycles. The maximum Gasteiger partial charge on any atom is 0.0540 e. The van der Waals surface area contributed by atoms with Crippen LogP contribution < -0.4 is 0 Å². The Morgan fingerprint density at radius 1 is 0.476 bits per heavy atom. The van der Waals surface area contributed by atoms with E-state index in [1.165, 1.54) is 89.9 Å². The zero-order chi connectivity index (χ0) is 15.6. The molecule has 0 saturated heterocycles. The molecule has 0 heterocycles. The third-order valence-electron chi connectivity index (χ3n) is 4.51. The molecule has 1 nitrogen and oxygen atoms in total. The van der Waals surface area contributed by atoms with Gasteiger partial charge in [0.15, 0.2) is 0 Å². The minimum atomic E-state index is -0.0349. The molecule has 0 rings (SSSR count). The van der Waals surface area contributed by atoms with Gasteiger partial charge in [0.05, 0.1) is 6.10 Å². The highest BCUT2D eigenvalue weighted by Gasteiger charge is 2.01. The smallest absolute Gasteiger partial charge is 0.0540 e. The normalized spacial score (nSPS) is 12.7. The fourth-order valence-electron chi connectivity index (χ4n) is 3.05. The van der Waals surface area contributed by atoms with Gasteiger partial charge in [0, 0.05) is 0 Å². The maximum absolute atomic E-state index is 9.64. The van der Waals surface area contributed by atoms with Crippen LogP contribution >= 0.6 is 0 Å². The van der Waals surface area contributed by atoms with Crippen LogP contribution in [0.25, 0.3) is 0 Å². The van der Waals surface area contributed by atoms with Crippen molar-refractivity contribution in [1.29, 1.82) is 0 Å². The molecule has 21 heavy (non-hydrogen) atoms. The van der Waals surface area contributed by atoms with Gasteiger partial charge in [0.25, 0.3) is 0 Å². The lowest BCUT2D eigenvalue weighted by Crippen LogP contribution is -2.04. The monoisotopic (exact) mass is 298 g/mol. The first kappa shape index (κ1) is 21.0. The van der Waals surface area contributed by atoms with Crippen molar-refractivity contribution in [2.24, 2.45) is 0 Å². The van der Waals surface area contributed by atoms with Crippen LogP contribution in [-0.2, 0) is 0 Å². The van der Waals surface area contributed by atoms with E-state index in [2.05, 4.69) is 13.8 Å². The average molecular weight is 299 g/mol. The summed E-state index contributed by atoms with van der Waals surface area (Å²) in [5.41, 5.74) is 0.